The zero-order valence-electron chi connectivity index (χ0n) is 25.2. The fourth-order valence-electron chi connectivity index (χ4n) is 4.49. The Hall–Kier alpha value is -5.56. The number of hydrogen-bond acceptors (Lipinski definition) is 6. The van der Waals surface area contributed by atoms with Gasteiger partial charge in [-0.25, -0.2) is 17.9 Å². The number of amides is 3. The van der Waals surface area contributed by atoms with Crippen molar-refractivity contribution in [1.29, 1.82) is 0 Å². The maximum atomic E-state index is 13.5. The van der Waals surface area contributed by atoms with Crippen LogP contribution in [0.4, 0.5) is 15.8 Å². The first-order chi connectivity index (χ1) is 23.0. The average molecular weight is 681 g/mol. The highest BCUT2D eigenvalue weighted by molar-refractivity contribution is 8.00. The Morgan fingerprint density at radius 2 is 1.38 bits per heavy atom. The summed E-state index contributed by atoms with van der Waals surface area (Å²) in [6.45, 7) is 0. The van der Waals surface area contributed by atoms with Crippen LogP contribution in [0, 0.1) is 5.82 Å². The van der Waals surface area contributed by atoms with Crippen LogP contribution in [0.3, 0.4) is 0 Å². The molecule has 1 unspecified atom stereocenters. The standard InChI is InChI=1S/C36H29FN4O5S2/c37-27-16-14-24(15-17-27)22-32(41-34(42)26-10-5-2-6-11-26)35(43)40-29-12-7-13-30(23-29)47-33(25-8-3-1-4-9-25)36(44)39-28-18-20-31(21-19-28)48(38,45)46/h1-23,33H,(H,39,44)(H,40,43)(H,41,42)(H2,38,45,46)/b32-22-. The number of rotatable bonds is 11. The molecule has 0 radical (unpaired) electrons. The van der Waals surface area contributed by atoms with Crippen molar-refractivity contribution < 1.29 is 27.2 Å². The minimum absolute atomic E-state index is 0.0662. The van der Waals surface area contributed by atoms with Crippen LogP contribution >= 0.6 is 11.8 Å². The van der Waals surface area contributed by atoms with Crippen molar-refractivity contribution in [2.24, 2.45) is 5.14 Å². The van der Waals surface area contributed by atoms with Gasteiger partial charge in [0, 0.05) is 21.8 Å². The molecule has 0 aliphatic rings. The zero-order valence-corrected chi connectivity index (χ0v) is 26.8. The molecule has 9 nitrogen and oxygen atoms in total. The molecular weight excluding hydrogens is 652 g/mol. The number of thioether (sulfide) groups is 1. The van der Waals surface area contributed by atoms with Gasteiger partial charge < -0.3 is 16.0 Å². The summed E-state index contributed by atoms with van der Waals surface area (Å²) in [5, 5.41) is 12.7. The third-order valence-electron chi connectivity index (χ3n) is 6.85. The second-order valence-corrected chi connectivity index (χ2v) is 13.1. The quantitative estimate of drug-likeness (QED) is 0.0944. The second kappa shape index (κ2) is 15.4. The van der Waals surface area contributed by atoms with Crippen LogP contribution in [0.25, 0.3) is 6.08 Å². The summed E-state index contributed by atoms with van der Waals surface area (Å²) in [6, 6.07) is 35.3. The molecule has 242 valence electrons. The normalized spacial score (nSPS) is 12.1. The molecule has 5 aromatic carbocycles. The van der Waals surface area contributed by atoms with E-state index in [4.69, 9.17) is 5.14 Å². The monoisotopic (exact) mass is 680 g/mol. The summed E-state index contributed by atoms with van der Waals surface area (Å²) in [7, 11) is -3.89. The van der Waals surface area contributed by atoms with Gasteiger partial charge in [0.15, 0.2) is 0 Å². The van der Waals surface area contributed by atoms with Crippen LogP contribution in [-0.2, 0) is 19.6 Å². The third kappa shape index (κ3) is 9.26. The SMILES string of the molecule is NS(=O)(=O)c1ccc(NC(=O)C(Sc2cccc(NC(=O)/C(=C/c3ccc(F)cc3)NC(=O)c3ccccc3)c2)c2ccccc2)cc1. The van der Waals surface area contributed by atoms with E-state index in [0.717, 1.165) is 0 Å². The third-order valence-corrected chi connectivity index (χ3v) is 9.02. The fraction of sp³-hybridized carbons (Fsp3) is 0.0278. The van der Waals surface area contributed by atoms with Gasteiger partial charge in [-0.15, -0.1) is 11.8 Å². The van der Waals surface area contributed by atoms with E-state index in [1.54, 1.807) is 54.6 Å². The highest BCUT2D eigenvalue weighted by atomic mass is 32.2. The Kier molecular flexibility index (Phi) is 10.8. The lowest BCUT2D eigenvalue weighted by Gasteiger charge is -2.18. The summed E-state index contributed by atoms with van der Waals surface area (Å²) in [5.41, 5.74) is 2.27. The van der Waals surface area contributed by atoms with Crippen LogP contribution in [0.5, 0.6) is 0 Å². The van der Waals surface area contributed by atoms with Crippen LogP contribution < -0.4 is 21.1 Å². The number of halogens is 1. The molecule has 3 amide bonds. The van der Waals surface area contributed by atoms with Gasteiger partial charge in [-0.2, -0.15) is 0 Å². The molecule has 48 heavy (non-hydrogen) atoms. The van der Waals surface area contributed by atoms with Crippen molar-refractivity contribution in [3.8, 4) is 0 Å². The van der Waals surface area contributed by atoms with E-state index in [0.29, 0.717) is 33.0 Å². The second-order valence-electron chi connectivity index (χ2n) is 10.4. The van der Waals surface area contributed by atoms with E-state index in [-0.39, 0.29) is 16.5 Å². The van der Waals surface area contributed by atoms with E-state index in [2.05, 4.69) is 16.0 Å². The molecule has 0 aliphatic carbocycles. The minimum Gasteiger partial charge on any atom is -0.325 e. The molecule has 5 rings (SSSR count). The van der Waals surface area contributed by atoms with Crippen molar-refractivity contribution in [1.82, 2.24) is 5.32 Å². The molecule has 5 aromatic rings. The summed E-state index contributed by atoms with van der Waals surface area (Å²) in [6.07, 6.45) is 1.44. The molecule has 0 heterocycles. The smallest absolute Gasteiger partial charge is 0.272 e. The van der Waals surface area contributed by atoms with Crippen molar-refractivity contribution in [2.45, 2.75) is 15.0 Å². The topological polar surface area (TPSA) is 147 Å². The lowest BCUT2D eigenvalue weighted by molar-refractivity contribution is -0.116. The summed E-state index contributed by atoms with van der Waals surface area (Å²) in [4.78, 5) is 40.6. The molecule has 12 heteroatoms. The highest BCUT2D eigenvalue weighted by Gasteiger charge is 2.23. The van der Waals surface area contributed by atoms with Crippen LogP contribution in [0.1, 0.15) is 26.7 Å². The lowest BCUT2D eigenvalue weighted by Crippen LogP contribution is -2.30. The van der Waals surface area contributed by atoms with Gasteiger partial charge in [0.2, 0.25) is 15.9 Å². The minimum atomic E-state index is -3.89. The largest absolute Gasteiger partial charge is 0.325 e. The molecular formula is C36H29FN4O5S2. The Balaban J connectivity index is 1.36. The van der Waals surface area contributed by atoms with Gasteiger partial charge in [-0.05, 0) is 83.9 Å². The predicted octanol–water partition coefficient (Wildman–Crippen LogP) is 6.35. The van der Waals surface area contributed by atoms with Gasteiger partial charge >= 0.3 is 0 Å². The van der Waals surface area contributed by atoms with E-state index in [9.17, 15) is 27.2 Å². The van der Waals surface area contributed by atoms with Gasteiger partial charge in [-0.3, -0.25) is 14.4 Å². The summed E-state index contributed by atoms with van der Waals surface area (Å²) >= 11 is 1.24. The first kappa shape index (κ1) is 33.8. The number of benzene rings is 5. The number of hydrogen-bond donors (Lipinski definition) is 4. The number of sulfonamides is 1. The Morgan fingerprint density at radius 3 is 2.02 bits per heavy atom. The Labute approximate surface area is 281 Å². The lowest BCUT2D eigenvalue weighted by atomic mass is 10.1. The van der Waals surface area contributed by atoms with E-state index in [1.807, 2.05) is 30.3 Å². The molecule has 0 bridgehead atoms. The zero-order chi connectivity index (χ0) is 34.1. The van der Waals surface area contributed by atoms with Gasteiger partial charge in [-0.1, -0.05) is 66.7 Å². The summed E-state index contributed by atoms with van der Waals surface area (Å²) in [5.74, 6) is -1.93. The highest BCUT2D eigenvalue weighted by Crippen LogP contribution is 2.37. The molecule has 0 aliphatic heterocycles. The number of carbonyl (C=O) groups excluding carboxylic acids is 3. The molecule has 0 fully saturated rings. The number of nitrogens with one attached hydrogen (secondary N) is 3. The van der Waals surface area contributed by atoms with Crippen LogP contribution in [-0.4, -0.2) is 26.1 Å². The van der Waals surface area contributed by atoms with Gasteiger partial charge in [0.05, 0.1) is 4.90 Å². The Bertz CT molecular complexity index is 2060. The first-order valence-corrected chi connectivity index (χ1v) is 16.9. The Morgan fingerprint density at radius 1 is 0.729 bits per heavy atom. The van der Waals surface area contributed by atoms with Crippen molar-refractivity contribution >= 4 is 57.0 Å². The fourth-order valence-corrected chi connectivity index (χ4v) is 6.09. The number of primary sulfonamides is 1. The van der Waals surface area contributed by atoms with Crippen LogP contribution in [0.2, 0.25) is 0 Å². The van der Waals surface area contributed by atoms with E-state index in [1.165, 1.54) is 66.4 Å². The van der Waals surface area contributed by atoms with Crippen molar-refractivity contribution in [3.05, 3.63) is 162 Å². The molecule has 0 spiro atoms. The number of carbonyl (C=O) groups is 3. The average Bonchev–Trinajstić information content (AvgIpc) is 3.08. The molecule has 0 aromatic heterocycles. The first-order valence-electron chi connectivity index (χ1n) is 14.5. The molecule has 1 atom stereocenters. The van der Waals surface area contributed by atoms with Crippen molar-refractivity contribution in [2.75, 3.05) is 10.6 Å². The molecule has 5 N–H and O–H groups in total. The molecule has 0 saturated carbocycles. The van der Waals surface area contributed by atoms with Crippen LogP contribution in [0.15, 0.2) is 149 Å². The number of anilines is 2. The maximum absolute atomic E-state index is 13.5. The predicted molar refractivity (Wildman–Crippen MR) is 185 cm³/mol. The van der Waals surface area contributed by atoms with E-state index >= 15 is 0 Å². The maximum Gasteiger partial charge on any atom is 0.272 e. The molecule has 0 saturated heterocycles. The van der Waals surface area contributed by atoms with Gasteiger partial charge in [0.25, 0.3) is 11.8 Å². The van der Waals surface area contributed by atoms with Crippen molar-refractivity contribution in [3.63, 3.8) is 0 Å². The number of nitrogens with two attached hydrogens (primary N) is 1. The van der Waals surface area contributed by atoms with Gasteiger partial charge in [0.1, 0.15) is 16.8 Å². The summed E-state index contributed by atoms with van der Waals surface area (Å²) < 4.78 is 36.8. The van der Waals surface area contributed by atoms with E-state index < -0.39 is 32.9 Å².